The highest BCUT2D eigenvalue weighted by molar-refractivity contribution is 9.10. The van der Waals surface area contributed by atoms with Crippen molar-refractivity contribution in [3.63, 3.8) is 0 Å². The van der Waals surface area contributed by atoms with Crippen LogP contribution in [0.5, 0.6) is 5.75 Å². The fraction of sp³-hybridized carbons (Fsp3) is 0.571. The molecule has 1 unspecified atom stereocenters. The van der Waals surface area contributed by atoms with E-state index in [0.717, 1.165) is 42.6 Å². The Morgan fingerprint density at radius 2 is 2.29 bits per heavy atom. The van der Waals surface area contributed by atoms with Crippen LogP contribution >= 0.6 is 15.9 Å². The van der Waals surface area contributed by atoms with Crippen LogP contribution in [0.1, 0.15) is 43.4 Å². The smallest absolute Gasteiger partial charge is 0.128 e. The average molecular weight is 298 g/mol. The lowest BCUT2D eigenvalue weighted by Gasteiger charge is -2.20. The van der Waals surface area contributed by atoms with Crippen LogP contribution in [0.2, 0.25) is 0 Å². The first-order chi connectivity index (χ1) is 8.24. The van der Waals surface area contributed by atoms with Gasteiger partial charge in [-0.05, 0) is 44.4 Å². The Kier molecular flexibility index (Phi) is 4.46. The number of hydrogen-bond donors (Lipinski definition) is 1. The Balaban J connectivity index is 2.36. The van der Waals surface area contributed by atoms with Crippen LogP contribution in [0.4, 0.5) is 0 Å². The number of rotatable bonds is 3. The van der Waals surface area contributed by atoms with Crippen molar-refractivity contribution in [2.24, 2.45) is 0 Å². The van der Waals surface area contributed by atoms with Crippen LogP contribution < -0.4 is 10.1 Å². The van der Waals surface area contributed by atoms with E-state index in [2.05, 4.69) is 47.2 Å². The van der Waals surface area contributed by atoms with Crippen molar-refractivity contribution in [2.75, 3.05) is 13.2 Å². The van der Waals surface area contributed by atoms with Crippen molar-refractivity contribution in [1.29, 1.82) is 0 Å². The molecule has 2 nitrogen and oxygen atoms in total. The molecule has 0 amide bonds. The third-order valence-electron chi connectivity index (χ3n) is 3.21. The van der Waals surface area contributed by atoms with E-state index in [1.807, 2.05) is 0 Å². The number of ether oxygens (including phenoxy) is 1. The molecule has 0 fully saturated rings. The number of benzene rings is 1. The van der Waals surface area contributed by atoms with Crippen LogP contribution in [0.25, 0.3) is 0 Å². The van der Waals surface area contributed by atoms with Gasteiger partial charge in [-0.2, -0.15) is 0 Å². The number of aryl methyl sites for hydroxylation is 1. The minimum absolute atomic E-state index is 0.418. The van der Waals surface area contributed by atoms with Crippen molar-refractivity contribution >= 4 is 15.9 Å². The molecule has 1 heterocycles. The molecular weight excluding hydrogens is 278 g/mol. The molecule has 0 aromatic heterocycles. The number of fused-ring (bicyclic) bond motifs is 1. The molecule has 1 atom stereocenters. The largest absolute Gasteiger partial charge is 0.493 e. The Labute approximate surface area is 112 Å². The minimum Gasteiger partial charge on any atom is -0.493 e. The fourth-order valence-electron chi connectivity index (χ4n) is 2.33. The summed E-state index contributed by atoms with van der Waals surface area (Å²) in [6, 6.07) is 4.66. The number of hydrogen-bond acceptors (Lipinski definition) is 2. The van der Waals surface area contributed by atoms with Crippen LogP contribution in [0.15, 0.2) is 16.6 Å². The van der Waals surface area contributed by atoms with Gasteiger partial charge < -0.3 is 10.1 Å². The first-order valence-electron chi connectivity index (χ1n) is 6.39. The van der Waals surface area contributed by atoms with Gasteiger partial charge in [0.2, 0.25) is 0 Å². The Hall–Kier alpha value is -0.540. The van der Waals surface area contributed by atoms with Gasteiger partial charge in [0, 0.05) is 16.1 Å². The van der Waals surface area contributed by atoms with Gasteiger partial charge in [0.1, 0.15) is 5.75 Å². The van der Waals surface area contributed by atoms with Gasteiger partial charge in [-0.25, -0.2) is 0 Å². The lowest BCUT2D eigenvalue weighted by molar-refractivity contribution is 0.313. The Morgan fingerprint density at radius 3 is 3.06 bits per heavy atom. The van der Waals surface area contributed by atoms with Gasteiger partial charge in [-0.15, -0.1) is 0 Å². The molecule has 0 spiro atoms. The maximum absolute atomic E-state index is 5.90. The fourth-order valence-corrected chi connectivity index (χ4v) is 2.92. The van der Waals surface area contributed by atoms with Gasteiger partial charge in [0.15, 0.2) is 0 Å². The second-order valence-electron chi connectivity index (χ2n) is 4.60. The van der Waals surface area contributed by atoms with E-state index in [1.54, 1.807) is 0 Å². The summed E-state index contributed by atoms with van der Waals surface area (Å²) in [5.41, 5.74) is 2.53. The molecule has 1 N–H and O–H groups in total. The molecular formula is C14H20BrNO. The average Bonchev–Trinajstić information content (AvgIpc) is 2.54. The summed E-state index contributed by atoms with van der Waals surface area (Å²) in [4.78, 5) is 0. The quantitative estimate of drug-likeness (QED) is 0.911. The molecule has 1 aromatic carbocycles. The monoisotopic (exact) mass is 297 g/mol. The maximum Gasteiger partial charge on any atom is 0.128 e. The molecule has 1 aromatic rings. The third kappa shape index (κ3) is 2.83. The van der Waals surface area contributed by atoms with Gasteiger partial charge in [-0.1, -0.05) is 28.9 Å². The van der Waals surface area contributed by atoms with Crippen molar-refractivity contribution in [3.8, 4) is 5.75 Å². The van der Waals surface area contributed by atoms with E-state index in [1.165, 1.54) is 11.1 Å². The van der Waals surface area contributed by atoms with Crippen LogP contribution in [0, 0.1) is 6.92 Å². The molecule has 1 aliphatic heterocycles. The molecule has 1 aliphatic rings. The minimum atomic E-state index is 0.418. The van der Waals surface area contributed by atoms with Crippen LogP contribution in [0.3, 0.4) is 0 Å². The SMILES string of the molecule is CCCNC1CCCOc2c(C)ccc(Br)c21. The Morgan fingerprint density at radius 1 is 1.47 bits per heavy atom. The second-order valence-corrected chi connectivity index (χ2v) is 5.46. The standard InChI is InChI=1S/C14H20BrNO/c1-3-8-16-12-5-4-9-17-14-10(2)6-7-11(15)13(12)14/h6-7,12,16H,3-5,8-9H2,1-2H3. The van der Waals surface area contributed by atoms with Crippen molar-refractivity contribution in [3.05, 3.63) is 27.7 Å². The van der Waals surface area contributed by atoms with Crippen molar-refractivity contribution in [1.82, 2.24) is 5.32 Å². The third-order valence-corrected chi connectivity index (χ3v) is 3.90. The molecule has 0 saturated carbocycles. The van der Waals surface area contributed by atoms with Crippen LogP contribution in [-0.2, 0) is 0 Å². The van der Waals surface area contributed by atoms with Crippen molar-refractivity contribution in [2.45, 2.75) is 39.2 Å². The summed E-state index contributed by atoms with van der Waals surface area (Å²) in [5, 5.41) is 3.63. The van der Waals surface area contributed by atoms with E-state index in [-0.39, 0.29) is 0 Å². The molecule has 0 bridgehead atoms. The molecule has 94 valence electrons. The summed E-state index contributed by atoms with van der Waals surface area (Å²) in [6.07, 6.45) is 3.42. The Bertz CT molecular complexity index is 392. The van der Waals surface area contributed by atoms with E-state index in [9.17, 15) is 0 Å². The first kappa shape index (κ1) is 12.9. The molecule has 0 radical (unpaired) electrons. The van der Waals surface area contributed by atoms with Crippen LogP contribution in [-0.4, -0.2) is 13.2 Å². The summed E-state index contributed by atoms with van der Waals surface area (Å²) in [6.45, 7) is 6.21. The summed E-state index contributed by atoms with van der Waals surface area (Å²) in [5.74, 6) is 1.07. The highest BCUT2D eigenvalue weighted by Gasteiger charge is 2.23. The second kappa shape index (κ2) is 5.87. The topological polar surface area (TPSA) is 21.3 Å². The predicted octanol–water partition coefficient (Wildman–Crippen LogP) is 3.97. The zero-order valence-corrected chi connectivity index (χ0v) is 12.1. The van der Waals surface area contributed by atoms with E-state index >= 15 is 0 Å². The molecule has 0 saturated heterocycles. The molecule has 3 heteroatoms. The molecule has 17 heavy (non-hydrogen) atoms. The van der Waals surface area contributed by atoms with Gasteiger partial charge in [-0.3, -0.25) is 0 Å². The highest BCUT2D eigenvalue weighted by Crippen LogP contribution is 2.39. The molecule has 2 rings (SSSR count). The van der Waals surface area contributed by atoms with Crippen molar-refractivity contribution < 1.29 is 4.74 Å². The maximum atomic E-state index is 5.90. The number of nitrogens with one attached hydrogen (secondary N) is 1. The summed E-state index contributed by atoms with van der Waals surface area (Å²) in [7, 11) is 0. The predicted molar refractivity (Wildman–Crippen MR) is 74.6 cm³/mol. The van der Waals surface area contributed by atoms with E-state index in [0.29, 0.717) is 6.04 Å². The van der Waals surface area contributed by atoms with E-state index in [4.69, 9.17) is 4.74 Å². The number of halogens is 1. The van der Waals surface area contributed by atoms with Gasteiger partial charge in [0.25, 0.3) is 0 Å². The van der Waals surface area contributed by atoms with Gasteiger partial charge >= 0.3 is 0 Å². The lowest BCUT2D eigenvalue weighted by atomic mass is 10.00. The highest BCUT2D eigenvalue weighted by atomic mass is 79.9. The zero-order valence-electron chi connectivity index (χ0n) is 10.6. The van der Waals surface area contributed by atoms with E-state index < -0.39 is 0 Å². The normalized spacial score (nSPS) is 19.4. The summed E-state index contributed by atoms with van der Waals surface area (Å²) >= 11 is 3.66. The summed E-state index contributed by atoms with van der Waals surface area (Å²) < 4.78 is 7.06. The van der Waals surface area contributed by atoms with Gasteiger partial charge in [0.05, 0.1) is 6.61 Å². The first-order valence-corrected chi connectivity index (χ1v) is 7.18. The molecule has 0 aliphatic carbocycles. The zero-order chi connectivity index (χ0) is 12.3. The lowest BCUT2D eigenvalue weighted by Crippen LogP contribution is -2.22.